The fourth-order valence-corrected chi connectivity index (χ4v) is 2.19. The highest BCUT2D eigenvalue weighted by Gasteiger charge is 2.20. The number of likely N-dealkylation sites (tertiary alicyclic amines) is 1. The highest BCUT2D eigenvalue weighted by Crippen LogP contribution is 2.09. The Morgan fingerprint density at radius 2 is 1.95 bits per heavy atom. The highest BCUT2D eigenvalue weighted by atomic mass is 16.5. The van der Waals surface area contributed by atoms with Gasteiger partial charge in [-0.15, -0.1) is 6.58 Å². The fourth-order valence-electron chi connectivity index (χ4n) is 2.19. The number of nitrogens with zero attached hydrogens (tertiary/aromatic N) is 2. The molecule has 5 heteroatoms. The van der Waals surface area contributed by atoms with Crippen LogP contribution in [0, 0.1) is 0 Å². The first-order chi connectivity index (χ1) is 9.17. The number of piperidine rings is 1. The molecule has 0 aromatic rings. The van der Waals surface area contributed by atoms with Gasteiger partial charge in [0.25, 0.3) is 0 Å². The van der Waals surface area contributed by atoms with E-state index in [0.29, 0.717) is 13.2 Å². The van der Waals surface area contributed by atoms with Gasteiger partial charge in [-0.1, -0.05) is 6.08 Å². The molecular formula is C14H24N2O3. The van der Waals surface area contributed by atoms with Crippen molar-refractivity contribution >= 4 is 11.9 Å². The Morgan fingerprint density at radius 3 is 2.53 bits per heavy atom. The van der Waals surface area contributed by atoms with Gasteiger partial charge in [0.05, 0.1) is 19.7 Å². The second-order valence-electron chi connectivity index (χ2n) is 4.70. The quantitative estimate of drug-likeness (QED) is 0.511. The largest absolute Gasteiger partial charge is 0.465 e. The molecule has 19 heavy (non-hydrogen) atoms. The smallest absolute Gasteiger partial charge is 0.320 e. The minimum atomic E-state index is -0.296. The summed E-state index contributed by atoms with van der Waals surface area (Å²) in [6, 6.07) is 0. The average molecular weight is 268 g/mol. The third kappa shape index (κ3) is 5.87. The number of hydrogen-bond acceptors (Lipinski definition) is 4. The molecule has 0 aliphatic carbocycles. The average Bonchev–Trinajstić information content (AvgIpc) is 2.40. The summed E-state index contributed by atoms with van der Waals surface area (Å²) < 4.78 is 4.91. The van der Waals surface area contributed by atoms with E-state index >= 15 is 0 Å². The van der Waals surface area contributed by atoms with Gasteiger partial charge in [-0.2, -0.15) is 0 Å². The summed E-state index contributed by atoms with van der Waals surface area (Å²) in [6.07, 6.45) is 5.04. The Labute approximate surface area is 115 Å². The van der Waals surface area contributed by atoms with Crippen LogP contribution < -0.4 is 0 Å². The van der Waals surface area contributed by atoms with Gasteiger partial charge in [0, 0.05) is 19.6 Å². The molecule has 0 spiro atoms. The van der Waals surface area contributed by atoms with E-state index in [9.17, 15) is 9.59 Å². The van der Waals surface area contributed by atoms with E-state index in [1.165, 1.54) is 6.42 Å². The second kappa shape index (κ2) is 8.69. The van der Waals surface area contributed by atoms with Crippen LogP contribution in [0.15, 0.2) is 12.7 Å². The lowest BCUT2D eigenvalue weighted by molar-refractivity contribution is -0.145. The number of ether oxygens (including phenoxy) is 1. The van der Waals surface area contributed by atoms with Gasteiger partial charge in [0.2, 0.25) is 5.91 Å². The first-order valence-corrected chi connectivity index (χ1v) is 6.94. The van der Waals surface area contributed by atoms with Crippen molar-refractivity contribution in [3.05, 3.63) is 12.7 Å². The van der Waals surface area contributed by atoms with Crippen LogP contribution in [0.25, 0.3) is 0 Å². The minimum Gasteiger partial charge on any atom is -0.465 e. The van der Waals surface area contributed by atoms with Gasteiger partial charge in [-0.25, -0.2) is 0 Å². The number of esters is 1. The molecular weight excluding hydrogens is 244 g/mol. The monoisotopic (exact) mass is 268 g/mol. The maximum Gasteiger partial charge on any atom is 0.320 e. The van der Waals surface area contributed by atoms with Crippen LogP contribution in [-0.2, 0) is 14.3 Å². The lowest BCUT2D eigenvalue weighted by Gasteiger charge is -2.29. The van der Waals surface area contributed by atoms with Crippen LogP contribution >= 0.6 is 0 Å². The molecule has 5 nitrogen and oxygen atoms in total. The number of carbonyl (C=O) groups is 2. The van der Waals surface area contributed by atoms with E-state index in [-0.39, 0.29) is 25.0 Å². The molecule has 1 rings (SSSR count). The van der Waals surface area contributed by atoms with Crippen molar-refractivity contribution in [1.82, 2.24) is 9.80 Å². The van der Waals surface area contributed by atoms with Gasteiger partial charge in [0.1, 0.15) is 0 Å². The molecule has 108 valence electrons. The van der Waals surface area contributed by atoms with Crippen LogP contribution in [0.1, 0.15) is 26.2 Å². The molecule has 1 amide bonds. The Balaban J connectivity index is 2.44. The highest BCUT2D eigenvalue weighted by molar-refractivity contribution is 5.79. The topological polar surface area (TPSA) is 49.9 Å². The Hall–Kier alpha value is -1.36. The zero-order valence-corrected chi connectivity index (χ0v) is 11.8. The summed E-state index contributed by atoms with van der Waals surface area (Å²) in [5.41, 5.74) is 0. The standard InChI is InChI=1S/C14H24N2O3/c1-3-8-15(12-14(18)19-4-2)11-13(17)16-9-6-5-7-10-16/h3H,1,4-12H2,2H3. The number of hydrogen-bond donors (Lipinski definition) is 0. The van der Waals surface area contributed by atoms with Crippen molar-refractivity contribution in [2.75, 3.05) is 39.3 Å². The lowest BCUT2D eigenvalue weighted by atomic mass is 10.1. The van der Waals surface area contributed by atoms with Crippen LogP contribution in [-0.4, -0.2) is 61.0 Å². The fraction of sp³-hybridized carbons (Fsp3) is 0.714. The van der Waals surface area contributed by atoms with E-state index in [4.69, 9.17) is 4.74 Å². The molecule has 0 saturated carbocycles. The molecule has 0 aromatic carbocycles. The normalized spacial score (nSPS) is 15.4. The van der Waals surface area contributed by atoms with Gasteiger partial charge in [0.15, 0.2) is 0 Å². The summed E-state index contributed by atoms with van der Waals surface area (Å²) in [4.78, 5) is 27.2. The van der Waals surface area contributed by atoms with Crippen molar-refractivity contribution in [3.8, 4) is 0 Å². The summed E-state index contributed by atoms with van der Waals surface area (Å²) >= 11 is 0. The Kier molecular flexibility index (Phi) is 7.18. The number of amides is 1. The van der Waals surface area contributed by atoms with Crippen molar-refractivity contribution < 1.29 is 14.3 Å². The molecule has 1 heterocycles. The third-order valence-corrected chi connectivity index (χ3v) is 3.11. The second-order valence-corrected chi connectivity index (χ2v) is 4.70. The van der Waals surface area contributed by atoms with Gasteiger partial charge < -0.3 is 9.64 Å². The predicted molar refractivity (Wildman–Crippen MR) is 73.7 cm³/mol. The van der Waals surface area contributed by atoms with Crippen LogP contribution in [0.5, 0.6) is 0 Å². The van der Waals surface area contributed by atoms with Crippen molar-refractivity contribution in [2.24, 2.45) is 0 Å². The van der Waals surface area contributed by atoms with Crippen LogP contribution in [0.4, 0.5) is 0 Å². The molecule has 1 aliphatic heterocycles. The van der Waals surface area contributed by atoms with Crippen molar-refractivity contribution in [2.45, 2.75) is 26.2 Å². The first kappa shape index (κ1) is 15.7. The van der Waals surface area contributed by atoms with Gasteiger partial charge in [-0.05, 0) is 26.2 Å². The summed E-state index contributed by atoms with van der Waals surface area (Å²) in [5, 5.41) is 0. The summed E-state index contributed by atoms with van der Waals surface area (Å²) in [7, 11) is 0. The number of carbonyl (C=O) groups excluding carboxylic acids is 2. The van der Waals surface area contributed by atoms with E-state index < -0.39 is 0 Å². The molecule has 0 N–H and O–H groups in total. The Bertz CT molecular complexity index is 312. The van der Waals surface area contributed by atoms with E-state index in [1.54, 1.807) is 17.9 Å². The summed E-state index contributed by atoms with van der Waals surface area (Å²) in [6.45, 7) is 8.36. The third-order valence-electron chi connectivity index (χ3n) is 3.11. The Morgan fingerprint density at radius 1 is 1.26 bits per heavy atom. The zero-order chi connectivity index (χ0) is 14.1. The van der Waals surface area contributed by atoms with Gasteiger partial charge >= 0.3 is 5.97 Å². The molecule has 1 saturated heterocycles. The molecule has 1 fully saturated rings. The maximum absolute atomic E-state index is 12.1. The van der Waals surface area contributed by atoms with E-state index in [2.05, 4.69) is 6.58 Å². The van der Waals surface area contributed by atoms with Crippen molar-refractivity contribution in [1.29, 1.82) is 0 Å². The SMILES string of the molecule is C=CCN(CC(=O)OCC)CC(=O)N1CCCCC1. The molecule has 0 aromatic heterocycles. The number of rotatable bonds is 7. The molecule has 0 unspecified atom stereocenters. The van der Waals surface area contributed by atoms with Crippen LogP contribution in [0.2, 0.25) is 0 Å². The zero-order valence-electron chi connectivity index (χ0n) is 11.8. The van der Waals surface area contributed by atoms with Gasteiger partial charge in [-0.3, -0.25) is 14.5 Å². The minimum absolute atomic E-state index is 0.0887. The molecule has 0 radical (unpaired) electrons. The lowest BCUT2D eigenvalue weighted by Crippen LogP contribution is -2.44. The first-order valence-electron chi connectivity index (χ1n) is 6.94. The molecule has 0 atom stereocenters. The molecule has 1 aliphatic rings. The van der Waals surface area contributed by atoms with E-state index in [0.717, 1.165) is 25.9 Å². The van der Waals surface area contributed by atoms with Crippen molar-refractivity contribution in [3.63, 3.8) is 0 Å². The van der Waals surface area contributed by atoms with Crippen LogP contribution in [0.3, 0.4) is 0 Å². The predicted octanol–water partition coefficient (Wildman–Crippen LogP) is 1.05. The summed E-state index contributed by atoms with van der Waals surface area (Å²) in [5.74, 6) is -0.207. The molecule has 0 bridgehead atoms. The maximum atomic E-state index is 12.1. The van der Waals surface area contributed by atoms with E-state index in [1.807, 2.05) is 4.90 Å².